The molecule has 1 aromatic carbocycles. The maximum atomic E-state index is 9.02. The van der Waals surface area contributed by atoms with Gasteiger partial charge in [-0.15, -0.1) is 17.5 Å². The lowest BCUT2D eigenvalue weighted by molar-refractivity contribution is 0.302. The molecule has 0 fully saturated rings. The van der Waals surface area contributed by atoms with Gasteiger partial charge in [0.1, 0.15) is 0 Å². The average Bonchev–Trinajstić information content (AvgIpc) is 2.37. The Hall–Kier alpha value is -1.79. The lowest BCUT2D eigenvalue weighted by atomic mass is 10.1. The second-order valence-corrected chi connectivity index (χ2v) is 4.11. The summed E-state index contributed by atoms with van der Waals surface area (Å²) in [6.07, 6.45) is 1.61. The fourth-order valence-corrected chi connectivity index (χ4v) is 1.75. The lowest BCUT2D eigenvalue weighted by Gasteiger charge is -2.22. The molecule has 0 aliphatic heterocycles. The van der Waals surface area contributed by atoms with E-state index in [1.54, 1.807) is 6.21 Å². The molecule has 6 nitrogen and oxygen atoms in total. The first-order chi connectivity index (χ1) is 9.08. The van der Waals surface area contributed by atoms with Crippen molar-refractivity contribution in [1.29, 1.82) is 0 Å². The Morgan fingerprint density at radius 2 is 2.10 bits per heavy atom. The van der Waals surface area contributed by atoms with Crippen LogP contribution in [-0.4, -0.2) is 37.0 Å². The van der Waals surface area contributed by atoms with Gasteiger partial charge in [0.25, 0.3) is 0 Å². The van der Waals surface area contributed by atoms with E-state index in [1.165, 1.54) is 0 Å². The molecule has 112 valence electrons. The molecule has 20 heavy (non-hydrogen) atoms. The normalized spacial score (nSPS) is 10.2. The zero-order chi connectivity index (χ0) is 14.3. The molecular weight excluding hydrogens is 278 g/mol. The van der Waals surface area contributed by atoms with Crippen LogP contribution in [0.5, 0.6) is 0 Å². The smallest absolute Gasteiger partial charge is 0.211 e. The number of hydrogen-bond donors (Lipinski definition) is 3. The average molecular weight is 300 g/mol. The number of rotatable bonds is 6. The third kappa shape index (κ3) is 5.46. The van der Waals surface area contributed by atoms with Crippen molar-refractivity contribution in [3.05, 3.63) is 29.3 Å². The van der Waals surface area contributed by atoms with E-state index in [2.05, 4.69) is 28.1 Å². The van der Waals surface area contributed by atoms with Gasteiger partial charge in [-0.05, 0) is 37.1 Å². The molecule has 7 heteroatoms. The number of nitrogens with zero attached hydrogens (tertiary/aromatic N) is 3. The van der Waals surface area contributed by atoms with E-state index >= 15 is 0 Å². The summed E-state index contributed by atoms with van der Waals surface area (Å²) < 4.78 is 0. The van der Waals surface area contributed by atoms with Crippen molar-refractivity contribution in [2.45, 2.75) is 13.8 Å². The predicted molar refractivity (Wildman–Crippen MR) is 86.8 cm³/mol. The van der Waals surface area contributed by atoms with Gasteiger partial charge in [-0.2, -0.15) is 5.10 Å². The van der Waals surface area contributed by atoms with Gasteiger partial charge in [0.2, 0.25) is 5.96 Å². The molecule has 1 rings (SSSR count). The molecule has 0 saturated heterocycles. The Morgan fingerprint density at radius 3 is 2.60 bits per heavy atom. The molecule has 5 N–H and O–H groups in total. The number of hydrogen-bond acceptors (Lipinski definition) is 4. The Kier molecular flexibility index (Phi) is 8.35. The fraction of sp³-hybridized carbons (Fsp3) is 0.385. The summed E-state index contributed by atoms with van der Waals surface area (Å²) >= 11 is 0. The zero-order valence-electron chi connectivity index (χ0n) is 11.8. The highest BCUT2D eigenvalue weighted by Gasteiger charge is 2.05. The van der Waals surface area contributed by atoms with Gasteiger partial charge >= 0.3 is 0 Å². The van der Waals surface area contributed by atoms with E-state index in [4.69, 9.17) is 16.6 Å². The SMILES string of the molecule is CCN(CCO)c1ccc(/C=N/N=C(N)N)c(C)c1.Cl. The third-order valence-electron chi connectivity index (χ3n) is 2.74. The van der Waals surface area contributed by atoms with Crippen LogP contribution in [0.15, 0.2) is 28.4 Å². The molecule has 0 spiro atoms. The quantitative estimate of drug-likeness (QED) is 0.412. The Balaban J connectivity index is 0.00000361. The fourth-order valence-electron chi connectivity index (χ4n) is 1.75. The van der Waals surface area contributed by atoms with E-state index in [9.17, 15) is 0 Å². The topological polar surface area (TPSA) is 100 Å². The first kappa shape index (κ1) is 18.2. The van der Waals surface area contributed by atoms with Crippen molar-refractivity contribution in [1.82, 2.24) is 0 Å². The highest BCUT2D eigenvalue weighted by Crippen LogP contribution is 2.18. The number of aryl methyl sites for hydroxylation is 1. The first-order valence-electron chi connectivity index (χ1n) is 6.17. The number of likely N-dealkylation sites (N-methyl/N-ethyl adjacent to an activating group) is 1. The van der Waals surface area contributed by atoms with Crippen LogP contribution in [-0.2, 0) is 0 Å². The van der Waals surface area contributed by atoms with Gasteiger partial charge in [0, 0.05) is 18.8 Å². The van der Waals surface area contributed by atoms with Crippen molar-refractivity contribution < 1.29 is 5.11 Å². The molecule has 0 heterocycles. The molecular formula is C13H22ClN5O. The highest BCUT2D eigenvalue weighted by atomic mass is 35.5. The molecule has 0 aliphatic rings. The summed E-state index contributed by atoms with van der Waals surface area (Å²) in [7, 11) is 0. The monoisotopic (exact) mass is 299 g/mol. The van der Waals surface area contributed by atoms with Gasteiger partial charge in [-0.3, -0.25) is 0 Å². The van der Waals surface area contributed by atoms with Crippen molar-refractivity contribution in [2.24, 2.45) is 21.7 Å². The van der Waals surface area contributed by atoms with Crippen LogP contribution < -0.4 is 16.4 Å². The van der Waals surface area contributed by atoms with E-state index in [0.29, 0.717) is 6.54 Å². The second-order valence-electron chi connectivity index (χ2n) is 4.11. The van der Waals surface area contributed by atoms with Crippen LogP contribution in [0.1, 0.15) is 18.1 Å². The molecule has 0 radical (unpaired) electrons. The summed E-state index contributed by atoms with van der Waals surface area (Å²) in [5, 5.41) is 16.4. The van der Waals surface area contributed by atoms with Gasteiger partial charge in [0.15, 0.2) is 0 Å². The summed E-state index contributed by atoms with van der Waals surface area (Å²) in [4.78, 5) is 2.10. The first-order valence-corrected chi connectivity index (χ1v) is 6.17. The van der Waals surface area contributed by atoms with Crippen molar-refractivity contribution >= 4 is 30.3 Å². The Bertz CT molecular complexity index is 472. The van der Waals surface area contributed by atoms with Gasteiger partial charge in [-0.25, -0.2) is 0 Å². The summed E-state index contributed by atoms with van der Waals surface area (Å²) in [5.74, 6) is -0.0642. The number of benzene rings is 1. The summed E-state index contributed by atoms with van der Waals surface area (Å²) in [6, 6.07) is 6.00. The lowest BCUT2D eigenvalue weighted by Crippen LogP contribution is -2.26. The Morgan fingerprint density at radius 1 is 1.40 bits per heavy atom. The van der Waals surface area contributed by atoms with Crippen LogP contribution >= 0.6 is 12.4 Å². The van der Waals surface area contributed by atoms with Gasteiger partial charge in [0.05, 0.1) is 12.8 Å². The van der Waals surface area contributed by atoms with Gasteiger partial charge in [-0.1, -0.05) is 6.07 Å². The van der Waals surface area contributed by atoms with Crippen LogP contribution in [0.25, 0.3) is 0 Å². The number of nitrogens with two attached hydrogens (primary N) is 2. The molecule has 0 aromatic heterocycles. The number of guanidine groups is 1. The number of halogens is 1. The van der Waals surface area contributed by atoms with Crippen molar-refractivity contribution in [2.75, 3.05) is 24.6 Å². The van der Waals surface area contributed by atoms with Crippen molar-refractivity contribution in [3.63, 3.8) is 0 Å². The third-order valence-corrected chi connectivity index (χ3v) is 2.74. The van der Waals surface area contributed by atoms with Crippen LogP contribution in [0.2, 0.25) is 0 Å². The molecule has 0 atom stereocenters. The molecule has 0 unspecified atom stereocenters. The van der Waals surface area contributed by atoms with E-state index < -0.39 is 0 Å². The van der Waals surface area contributed by atoms with Crippen LogP contribution in [0, 0.1) is 6.92 Å². The van der Waals surface area contributed by atoms with E-state index in [0.717, 1.165) is 23.4 Å². The summed E-state index contributed by atoms with van der Waals surface area (Å²) in [6.45, 7) is 5.66. The van der Waals surface area contributed by atoms with Crippen LogP contribution in [0.4, 0.5) is 5.69 Å². The minimum atomic E-state index is -0.0642. The largest absolute Gasteiger partial charge is 0.395 e. The minimum Gasteiger partial charge on any atom is -0.395 e. The predicted octanol–water partition coefficient (Wildman–Crippen LogP) is 0.843. The molecule has 0 aliphatic carbocycles. The zero-order valence-corrected chi connectivity index (χ0v) is 12.6. The molecule has 0 bridgehead atoms. The Labute approximate surface area is 125 Å². The van der Waals surface area contributed by atoms with Crippen molar-refractivity contribution in [3.8, 4) is 0 Å². The number of aliphatic hydroxyl groups is 1. The van der Waals surface area contributed by atoms with Crippen LogP contribution in [0.3, 0.4) is 0 Å². The number of anilines is 1. The molecule has 0 saturated carbocycles. The maximum absolute atomic E-state index is 9.02. The second kappa shape index (κ2) is 9.17. The summed E-state index contributed by atoms with van der Waals surface area (Å²) in [5.41, 5.74) is 13.5. The number of aliphatic hydroxyl groups excluding tert-OH is 1. The molecule has 0 amide bonds. The molecule has 1 aromatic rings. The van der Waals surface area contributed by atoms with Gasteiger partial charge < -0.3 is 21.5 Å². The minimum absolute atomic E-state index is 0. The van der Waals surface area contributed by atoms with E-state index in [-0.39, 0.29) is 25.0 Å². The standard InChI is InChI=1S/C13H21N5O.ClH/c1-3-18(6-7-19)12-5-4-11(10(2)8-12)9-16-17-13(14)15;/h4-5,8-9,19H,3,6-7H2,1-2H3,(H4,14,15,17);1H/b16-9+;. The maximum Gasteiger partial charge on any atom is 0.211 e. The highest BCUT2D eigenvalue weighted by molar-refractivity contribution is 5.85. The van der Waals surface area contributed by atoms with E-state index in [1.807, 2.05) is 19.1 Å².